The van der Waals surface area contributed by atoms with Gasteiger partial charge in [0, 0.05) is 24.5 Å². The zero-order valence-corrected chi connectivity index (χ0v) is 12.8. The van der Waals surface area contributed by atoms with Crippen molar-refractivity contribution in [2.75, 3.05) is 32.8 Å². The molecule has 1 saturated heterocycles. The summed E-state index contributed by atoms with van der Waals surface area (Å²) in [6.45, 7) is 8.88. The molecule has 2 heterocycles. The second kappa shape index (κ2) is 6.60. The number of para-hydroxylation sites is 1. The summed E-state index contributed by atoms with van der Waals surface area (Å²) in [4.78, 5) is 2.48. The van der Waals surface area contributed by atoms with Crippen LogP contribution in [0.15, 0.2) is 34.7 Å². The fraction of sp³-hybridized carbons (Fsp3) is 0.529. The molecule has 1 aliphatic heterocycles. The van der Waals surface area contributed by atoms with E-state index in [0.29, 0.717) is 6.04 Å². The lowest BCUT2D eigenvalue weighted by Gasteiger charge is -2.35. The van der Waals surface area contributed by atoms with Crippen LogP contribution in [-0.4, -0.2) is 43.8 Å². The first-order chi connectivity index (χ1) is 10.3. The third-order valence-corrected chi connectivity index (χ3v) is 4.16. The number of furan rings is 1. The number of nitrogens with zero attached hydrogens (tertiary/aromatic N) is 1. The van der Waals surface area contributed by atoms with E-state index >= 15 is 0 Å². The van der Waals surface area contributed by atoms with Gasteiger partial charge in [0.05, 0.1) is 19.3 Å². The van der Waals surface area contributed by atoms with Gasteiger partial charge < -0.3 is 14.5 Å². The molecule has 114 valence electrons. The van der Waals surface area contributed by atoms with Gasteiger partial charge in [0.1, 0.15) is 11.3 Å². The van der Waals surface area contributed by atoms with E-state index in [2.05, 4.69) is 36.2 Å². The molecule has 0 saturated carbocycles. The summed E-state index contributed by atoms with van der Waals surface area (Å²) in [5.41, 5.74) is 0.963. The summed E-state index contributed by atoms with van der Waals surface area (Å²) in [6, 6.07) is 11.0. The highest BCUT2D eigenvalue weighted by molar-refractivity contribution is 5.77. The van der Waals surface area contributed by atoms with Gasteiger partial charge >= 0.3 is 0 Å². The molecule has 1 aromatic carbocycles. The molecule has 4 heteroatoms. The standard InChI is InChI=1S/C17H24N2O2/c1-3-18-15(11-19-8-9-20-12-13(19)2)17-10-14-6-4-5-7-16(14)21-17/h4-7,10,13,15,18H,3,8-9,11-12H2,1-2H3. The summed E-state index contributed by atoms with van der Waals surface area (Å²) in [5, 5.41) is 4.72. The predicted molar refractivity (Wildman–Crippen MR) is 84.5 cm³/mol. The minimum Gasteiger partial charge on any atom is -0.459 e. The van der Waals surface area contributed by atoms with Crippen molar-refractivity contribution >= 4 is 11.0 Å². The number of fused-ring (bicyclic) bond motifs is 1. The Balaban J connectivity index is 1.79. The maximum atomic E-state index is 6.04. The van der Waals surface area contributed by atoms with Crippen LogP contribution < -0.4 is 5.32 Å². The Labute approximate surface area is 126 Å². The lowest BCUT2D eigenvalue weighted by Crippen LogP contribution is -2.47. The monoisotopic (exact) mass is 288 g/mol. The van der Waals surface area contributed by atoms with Gasteiger partial charge in [0.25, 0.3) is 0 Å². The summed E-state index contributed by atoms with van der Waals surface area (Å²) in [7, 11) is 0. The van der Waals surface area contributed by atoms with Crippen LogP contribution in [0.4, 0.5) is 0 Å². The molecule has 2 unspecified atom stereocenters. The van der Waals surface area contributed by atoms with Gasteiger partial charge in [-0.15, -0.1) is 0 Å². The van der Waals surface area contributed by atoms with E-state index < -0.39 is 0 Å². The molecular weight excluding hydrogens is 264 g/mol. The predicted octanol–water partition coefficient (Wildman–Crippen LogP) is 2.80. The first kappa shape index (κ1) is 14.6. The van der Waals surface area contributed by atoms with Crippen molar-refractivity contribution in [2.24, 2.45) is 0 Å². The SMILES string of the molecule is CCNC(CN1CCOCC1C)c1cc2ccccc2o1. The van der Waals surface area contributed by atoms with E-state index in [1.54, 1.807) is 0 Å². The van der Waals surface area contributed by atoms with E-state index in [1.807, 2.05) is 18.2 Å². The van der Waals surface area contributed by atoms with E-state index in [1.165, 1.54) is 5.39 Å². The normalized spacial score (nSPS) is 21.7. The Hall–Kier alpha value is -1.36. The molecular formula is C17H24N2O2. The van der Waals surface area contributed by atoms with E-state index in [4.69, 9.17) is 9.15 Å². The first-order valence-electron chi connectivity index (χ1n) is 7.81. The molecule has 1 aromatic heterocycles. The zero-order valence-electron chi connectivity index (χ0n) is 12.8. The summed E-state index contributed by atoms with van der Waals surface area (Å²) in [6.07, 6.45) is 0. The average molecular weight is 288 g/mol. The molecule has 0 spiro atoms. The molecule has 3 rings (SSSR count). The lowest BCUT2D eigenvalue weighted by atomic mass is 10.1. The average Bonchev–Trinajstić information content (AvgIpc) is 2.93. The lowest BCUT2D eigenvalue weighted by molar-refractivity contribution is -0.00531. The van der Waals surface area contributed by atoms with Gasteiger partial charge in [-0.05, 0) is 25.6 Å². The van der Waals surface area contributed by atoms with Gasteiger partial charge in [-0.2, -0.15) is 0 Å². The number of morpholine rings is 1. The molecule has 0 radical (unpaired) electrons. The number of ether oxygens (including phenoxy) is 1. The van der Waals surface area contributed by atoms with Gasteiger partial charge in [-0.25, -0.2) is 0 Å². The van der Waals surface area contributed by atoms with Crippen LogP contribution in [0.3, 0.4) is 0 Å². The Kier molecular flexibility index (Phi) is 4.58. The van der Waals surface area contributed by atoms with Gasteiger partial charge in [0.2, 0.25) is 0 Å². The molecule has 0 bridgehead atoms. The Morgan fingerprint density at radius 3 is 3.00 bits per heavy atom. The summed E-state index contributed by atoms with van der Waals surface area (Å²) >= 11 is 0. The van der Waals surface area contributed by atoms with Crippen LogP contribution in [-0.2, 0) is 4.74 Å². The van der Waals surface area contributed by atoms with Crippen LogP contribution in [0.2, 0.25) is 0 Å². The van der Waals surface area contributed by atoms with E-state index in [0.717, 1.165) is 44.2 Å². The van der Waals surface area contributed by atoms with Gasteiger partial charge in [-0.1, -0.05) is 25.1 Å². The maximum absolute atomic E-state index is 6.04. The maximum Gasteiger partial charge on any atom is 0.134 e. The van der Waals surface area contributed by atoms with Gasteiger partial charge in [0.15, 0.2) is 0 Å². The number of rotatable bonds is 5. The summed E-state index contributed by atoms with van der Waals surface area (Å²) in [5.74, 6) is 1.02. The van der Waals surface area contributed by atoms with Crippen LogP contribution in [0.25, 0.3) is 11.0 Å². The molecule has 1 N–H and O–H groups in total. The number of hydrogen-bond donors (Lipinski definition) is 1. The van der Waals surface area contributed by atoms with Gasteiger partial charge in [-0.3, -0.25) is 4.90 Å². The molecule has 0 amide bonds. The molecule has 1 fully saturated rings. The fourth-order valence-corrected chi connectivity index (χ4v) is 2.94. The Morgan fingerprint density at radius 2 is 2.24 bits per heavy atom. The number of hydrogen-bond acceptors (Lipinski definition) is 4. The van der Waals surface area contributed by atoms with Crippen molar-refractivity contribution in [3.63, 3.8) is 0 Å². The van der Waals surface area contributed by atoms with Crippen molar-refractivity contribution < 1.29 is 9.15 Å². The second-order valence-corrected chi connectivity index (χ2v) is 5.72. The first-order valence-corrected chi connectivity index (χ1v) is 7.81. The number of nitrogens with one attached hydrogen (secondary N) is 1. The van der Waals surface area contributed by atoms with Crippen LogP contribution in [0.5, 0.6) is 0 Å². The van der Waals surface area contributed by atoms with Crippen molar-refractivity contribution in [1.82, 2.24) is 10.2 Å². The number of benzene rings is 1. The van der Waals surface area contributed by atoms with Crippen molar-refractivity contribution in [3.05, 3.63) is 36.1 Å². The molecule has 0 aliphatic carbocycles. The fourth-order valence-electron chi connectivity index (χ4n) is 2.94. The Bertz CT molecular complexity index is 548. The van der Waals surface area contributed by atoms with Crippen LogP contribution >= 0.6 is 0 Å². The van der Waals surface area contributed by atoms with E-state index in [-0.39, 0.29) is 6.04 Å². The quantitative estimate of drug-likeness (QED) is 0.918. The topological polar surface area (TPSA) is 37.6 Å². The molecule has 4 nitrogen and oxygen atoms in total. The largest absolute Gasteiger partial charge is 0.459 e. The number of likely N-dealkylation sites (N-methyl/N-ethyl adjacent to an activating group) is 1. The van der Waals surface area contributed by atoms with Crippen LogP contribution in [0, 0.1) is 0 Å². The smallest absolute Gasteiger partial charge is 0.134 e. The summed E-state index contributed by atoms with van der Waals surface area (Å²) < 4.78 is 11.6. The zero-order chi connectivity index (χ0) is 14.7. The van der Waals surface area contributed by atoms with Crippen molar-refractivity contribution in [2.45, 2.75) is 25.9 Å². The highest BCUT2D eigenvalue weighted by Crippen LogP contribution is 2.25. The van der Waals surface area contributed by atoms with Crippen molar-refractivity contribution in [1.29, 1.82) is 0 Å². The highest BCUT2D eigenvalue weighted by atomic mass is 16.5. The third-order valence-electron chi connectivity index (χ3n) is 4.16. The van der Waals surface area contributed by atoms with Crippen molar-refractivity contribution in [3.8, 4) is 0 Å². The second-order valence-electron chi connectivity index (χ2n) is 5.72. The van der Waals surface area contributed by atoms with E-state index in [9.17, 15) is 0 Å². The minimum absolute atomic E-state index is 0.225. The highest BCUT2D eigenvalue weighted by Gasteiger charge is 2.24. The molecule has 21 heavy (non-hydrogen) atoms. The third kappa shape index (κ3) is 3.28. The molecule has 1 aliphatic rings. The van der Waals surface area contributed by atoms with Crippen LogP contribution in [0.1, 0.15) is 25.6 Å². The Morgan fingerprint density at radius 1 is 1.38 bits per heavy atom. The molecule has 2 atom stereocenters. The molecule has 2 aromatic rings. The minimum atomic E-state index is 0.225.